The first-order valence-corrected chi connectivity index (χ1v) is 15.3. The Balaban J connectivity index is 2.05. The Hall–Kier alpha value is -3.36. The van der Waals surface area contributed by atoms with E-state index in [1.807, 2.05) is 40.7 Å². The molecule has 0 saturated carbocycles. The minimum Gasteiger partial charge on any atom is -0.352 e. The van der Waals surface area contributed by atoms with Crippen LogP contribution in [0.3, 0.4) is 0 Å². The van der Waals surface area contributed by atoms with Gasteiger partial charge in [0.05, 0.1) is 10.6 Å². The highest BCUT2D eigenvalue weighted by Crippen LogP contribution is 2.26. The number of amides is 2. The monoisotopic (exact) mass is 583 g/mol. The van der Waals surface area contributed by atoms with E-state index in [9.17, 15) is 18.0 Å². The van der Waals surface area contributed by atoms with Crippen LogP contribution in [0.2, 0.25) is 5.02 Å². The predicted molar refractivity (Wildman–Crippen MR) is 161 cm³/mol. The van der Waals surface area contributed by atoms with E-state index in [1.54, 1.807) is 54.6 Å². The zero-order valence-corrected chi connectivity index (χ0v) is 25.3. The summed E-state index contributed by atoms with van der Waals surface area (Å²) in [5.41, 5.74) is 2.92. The standard InChI is InChI=1S/C31H38ClN3O4S/c1-6-24(5)33-31(37)29(7-2)34(20-25-13-15-26(32)16-14-25)30(36)21-35(27-10-8-9-23(4)19-27)40(38,39)28-17-11-22(3)12-18-28/h8-19,24,29H,6-7,20-21H2,1-5H3,(H,33,37)/t24-,29-/m0/s1. The number of hydrogen-bond donors (Lipinski definition) is 1. The summed E-state index contributed by atoms with van der Waals surface area (Å²) in [6.45, 7) is 9.10. The molecule has 0 aliphatic rings. The Kier molecular flexibility index (Phi) is 10.8. The molecule has 0 aliphatic heterocycles. The minimum atomic E-state index is -4.10. The van der Waals surface area contributed by atoms with Gasteiger partial charge in [-0.2, -0.15) is 0 Å². The molecule has 0 fully saturated rings. The third kappa shape index (κ3) is 7.86. The summed E-state index contributed by atoms with van der Waals surface area (Å²) in [6, 6.07) is 19.7. The minimum absolute atomic E-state index is 0.0697. The molecule has 9 heteroatoms. The third-order valence-corrected chi connectivity index (χ3v) is 8.87. The number of benzene rings is 3. The molecule has 0 saturated heterocycles. The highest BCUT2D eigenvalue weighted by atomic mass is 35.5. The van der Waals surface area contributed by atoms with E-state index < -0.39 is 28.5 Å². The molecule has 0 radical (unpaired) electrons. The summed E-state index contributed by atoms with van der Waals surface area (Å²) >= 11 is 6.07. The van der Waals surface area contributed by atoms with Crippen LogP contribution in [0.25, 0.3) is 0 Å². The van der Waals surface area contributed by atoms with E-state index in [0.29, 0.717) is 17.1 Å². The molecule has 0 heterocycles. The molecule has 40 heavy (non-hydrogen) atoms. The summed E-state index contributed by atoms with van der Waals surface area (Å²) < 4.78 is 29.0. The molecule has 0 aromatic heterocycles. The van der Waals surface area contributed by atoms with Gasteiger partial charge in [0.15, 0.2) is 0 Å². The van der Waals surface area contributed by atoms with Crippen LogP contribution < -0.4 is 9.62 Å². The Labute approximate surface area is 243 Å². The second-order valence-electron chi connectivity index (χ2n) is 10.1. The Morgan fingerprint density at radius 3 is 2.12 bits per heavy atom. The van der Waals surface area contributed by atoms with E-state index in [1.165, 1.54) is 17.0 Å². The highest BCUT2D eigenvalue weighted by molar-refractivity contribution is 7.92. The smallest absolute Gasteiger partial charge is 0.264 e. The molecular formula is C31H38ClN3O4S. The van der Waals surface area contributed by atoms with E-state index in [0.717, 1.165) is 27.4 Å². The van der Waals surface area contributed by atoms with Crippen LogP contribution in [-0.2, 0) is 26.2 Å². The topological polar surface area (TPSA) is 86.8 Å². The summed E-state index contributed by atoms with van der Waals surface area (Å²) in [5.74, 6) is -0.763. The maximum absolute atomic E-state index is 14.1. The van der Waals surface area contributed by atoms with Gasteiger partial charge in [-0.15, -0.1) is 0 Å². The molecule has 7 nitrogen and oxygen atoms in total. The normalized spacial score (nSPS) is 12.8. The lowest BCUT2D eigenvalue weighted by molar-refractivity contribution is -0.140. The summed E-state index contributed by atoms with van der Waals surface area (Å²) in [7, 11) is -4.10. The molecule has 3 aromatic carbocycles. The number of nitrogens with one attached hydrogen (secondary N) is 1. The Morgan fingerprint density at radius 2 is 1.55 bits per heavy atom. The number of carbonyl (C=O) groups excluding carboxylic acids is 2. The first-order chi connectivity index (χ1) is 19.0. The van der Waals surface area contributed by atoms with Crippen LogP contribution in [0.4, 0.5) is 5.69 Å². The van der Waals surface area contributed by atoms with Crippen molar-refractivity contribution in [2.75, 3.05) is 10.8 Å². The number of carbonyl (C=O) groups is 2. The van der Waals surface area contributed by atoms with Gasteiger partial charge in [0, 0.05) is 17.6 Å². The Morgan fingerprint density at radius 1 is 0.900 bits per heavy atom. The second-order valence-corrected chi connectivity index (χ2v) is 12.4. The molecule has 0 bridgehead atoms. The Bertz CT molecular complexity index is 1410. The number of rotatable bonds is 12. The van der Waals surface area contributed by atoms with E-state index in [2.05, 4.69) is 5.32 Å². The molecule has 3 aromatic rings. The van der Waals surface area contributed by atoms with Crippen molar-refractivity contribution in [2.45, 2.75) is 71.0 Å². The average molecular weight is 584 g/mol. The summed E-state index contributed by atoms with van der Waals surface area (Å²) in [6.07, 6.45) is 1.10. The van der Waals surface area contributed by atoms with Crippen LogP contribution in [0, 0.1) is 13.8 Å². The highest BCUT2D eigenvalue weighted by Gasteiger charge is 2.34. The van der Waals surface area contributed by atoms with Gasteiger partial charge in [-0.3, -0.25) is 13.9 Å². The molecule has 214 valence electrons. The van der Waals surface area contributed by atoms with Crippen molar-refractivity contribution >= 4 is 39.1 Å². The molecule has 2 amide bonds. The van der Waals surface area contributed by atoms with Crippen molar-refractivity contribution in [3.63, 3.8) is 0 Å². The molecule has 0 aliphatic carbocycles. The van der Waals surface area contributed by atoms with Gasteiger partial charge in [0.2, 0.25) is 11.8 Å². The van der Waals surface area contributed by atoms with Crippen LogP contribution in [0.1, 0.15) is 50.3 Å². The molecule has 0 unspecified atom stereocenters. The zero-order chi connectivity index (χ0) is 29.4. The number of nitrogens with zero attached hydrogens (tertiary/aromatic N) is 2. The second kappa shape index (κ2) is 13.8. The first-order valence-electron chi connectivity index (χ1n) is 13.5. The number of hydrogen-bond acceptors (Lipinski definition) is 4. The number of aryl methyl sites for hydroxylation is 2. The fourth-order valence-electron chi connectivity index (χ4n) is 4.30. The lowest BCUT2D eigenvalue weighted by Crippen LogP contribution is -2.53. The van der Waals surface area contributed by atoms with Crippen molar-refractivity contribution in [1.29, 1.82) is 0 Å². The van der Waals surface area contributed by atoms with Gasteiger partial charge in [-0.1, -0.05) is 67.4 Å². The van der Waals surface area contributed by atoms with Gasteiger partial charge >= 0.3 is 0 Å². The van der Waals surface area contributed by atoms with Gasteiger partial charge in [0.25, 0.3) is 10.0 Å². The lowest BCUT2D eigenvalue weighted by atomic mass is 10.1. The quantitative estimate of drug-likeness (QED) is 0.289. The maximum atomic E-state index is 14.1. The van der Waals surface area contributed by atoms with Gasteiger partial charge in [-0.25, -0.2) is 8.42 Å². The van der Waals surface area contributed by atoms with Crippen molar-refractivity contribution in [3.8, 4) is 0 Å². The van der Waals surface area contributed by atoms with Gasteiger partial charge in [0.1, 0.15) is 12.6 Å². The van der Waals surface area contributed by atoms with E-state index in [-0.39, 0.29) is 23.4 Å². The third-order valence-electron chi connectivity index (χ3n) is 6.83. The van der Waals surface area contributed by atoms with Crippen molar-refractivity contribution in [3.05, 3.63) is 94.5 Å². The van der Waals surface area contributed by atoms with Crippen LogP contribution in [0.5, 0.6) is 0 Å². The lowest BCUT2D eigenvalue weighted by Gasteiger charge is -2.33. The van der Waals surface area contributed by atoms with Crippen LogP contribution in [0.15, 0.2) is 77.7 Å². The molecule has 1 N–H and O–H groups in total. The van der Waals surface area contributed by atoms with Crippen LogP contribution in [-0.4, -0.2) is 43.8 Å². The molecule has 2 atom stereocenters. The SMILES string of the molecule is CC[C@H](C)NC(=O)[C@H](CC)N(Cc1ccc(Cl)cc1)C(=O)CN(c1cccc(C)c1)S(=O)(=O)c1ccc(C)cc1. The van der Waals surface area contributed by atoms with Crippen molar-refractivity contribution in [1.82, 2.24) is 10.2 Å². The largest absolute Gasteiger partial charge is 0.352 e. The van der Waals surface area contributed by atoms with E-state index >= 15 is 0 Å². The fourth-order valence-corrected chi connectivity index (χ4v) is 5.83. The van der Waals surface area contributed by atoms with E-state index in [4.69, 9.17) is 11.6 Å². The fraction of sp³-hybridized carbons (Fsp3) is 0.355. The number of anilines is 1. The molecule has 3 rings (SSSR count). The van der Waals surface area contributed by atoms with Crippen molar-refractivity contribution in [2.24, 2.45) is 0 Å². The molecule has 0 spiro atoms. The van der Waals surface area contributed by atoms with Gasteiger partial charge in [-0.05, 0) is 81.1 Å². The molecular weight excluding hydrogens is 546 g/mol. The average Bonchev–Trinajstić information content (AvgIpc) is 2.92. The summed E-state index contributed by atoms with van der Waals surface area (Å²) in [4.78, 5) is 29.0. The van der Waals surface area contributed by atoms with Crippen LogP contribution >= 0.6 is 11.6 Å². The maximum Gasteiger partial charge on any atom is 0.264 e. The van der Waals surface area contributed by atoms with Gasteiger partial charge < -0.3 is 10.2 Å². The predicted octanol–water partition coefficient (Wildman–Crippen LogP) is 5.87. The zero-order valence-electron chi connectivity index (χ0n) is 23.7. The summed E-state index contributed by atoms with van der Waals surface area (Å²) in [5, 5.41) is 3.53. The first kappa shape index (κ1) is 31.2. The number of sulfonamides is 1. The van der Waals surface area contributed by atoms with Crippen molar-refractivity contribution < 1.29 is 18.0 Å². The number of halogens is 1.